The zero-order valence-corrected chi connectivity index (χ0v) is 27.1. The second kappa shape index (κ2) is 16.0. The molecule has 4 rings (SSSR count). The first-order chi connectivity index (χ1) is 19.6. The molecule has 12 heteroatoms. The zero-order chi connectivity index (χ0) is 29.5. The summed E-state index contributed by atoms with van der Waals surface area (Å²) in [4.78, 5) is 15.3. The van der Waals surface area contributed by atoms with Crippen molar-refractivity contribution in [3.8, 4) is 0 Å². The molecule has 10 nitrogen and oxygen atoms in total. The summed E-state index contributed by atoms with van der Waals surface area (Å²) in [5.74, 6) is -0.830. The highest BCUT2D eigenvalue weighted by atomic mass is 35.5. The van der Waals surface area contributed by atoms with Crippen molar-refractivity contribution < 1.29 is 36.9 Å². The van der Waals surface area contributed by atoms with Gasteiger partial charge in [-0.2, -0.15) is 0 Å². The Kier molecular flexibility index (Phi) is 13.4. The minimum atomic E-state index is -4.11. The Labute approximate surface area is 257 Å². The maximum atomic E-state index is 13.1. The molecule has 0 saturated carbocycles. The summed E-state index contributed by atoms with van der Waals surface area (Å²) in [5, 5.41) is 0. The minimum Gasteiger partial charge on any atom is -0.441 e. The van der Waals surface area contributed by atoms with Gasteiger partial charge in [-0.1, -0.05) is 63.1 Å². The van der Waals surface area contributed by atoms with Crippen molar-refractivity contribution >= 4 is 28.5 Å². The van der Waals surface area contributed by atoms with Gasteiger partial charge in [-0.05, 0) is 65.3 Å². The number of unbranched alkanes of at least 4 members (excludes halogenated alkanes) is 4. The number of benzene rings is 1. The van der Waals surface area contributed by atoms with Gasteiger partial charge in [-0.3, -0.25) is 4.90 Å². The van der Waals surface area contributed by atoms with Crippen LogP contribution in [0.3, 0.4) is 0 Å². The van der Waals surface area contributed by atoms with Crippen LogP contribution in [0.25, 0.3) is 0 Å². The highest BCUT2D eigenvalue weighted by molar-refractivity contribution is 7.90. The number of carbonyl (C=O) groups excluding carboxylic acids is 1. The number of aryl methyl sites for hydroxylation is 1. The summed E-state index contributed by atoms with van der Waals surface area (Å²) in [7, 11) is -4.11. The first kappa shape index (κ1) is 35.0. The van der Waals surface area contributed by atoms with E-state index in [2.05, 4.69) is 16.5 Å². The SMILES string of the molecule is CCCCCCCO[C@@H]1[C@H]2OC(C)(C)O[C@H]2O[C@@H]1C(CN1CCCCCC1)OC(=O)NS(=O)(=O)c1ccc(C)cc1.Cl. The normalized spacial score (nSPS) is 26.6. The fourth-order valence-electron chi connectivity index (χ4n) is 5.75. The van der Waals surface area contributed by atoms with Crippen molar-refractivity contribution in [2.75, 3.05) is 26.2 Å². The average Bonchev–Trinajstić information content (AvgIpc) is 3.24. The van der Waals surface area contributed by atoms with Crippen LogP contribution in [-0.2, 0) is 33.7 Å². The van der Waals surface area contributed by atoms with Crippen molar-refractivity contribution in [3.05, 3.63) is 29.8 Å². The number of nitrogens with one attached hydrogen (secondary N) is 1. The molecule has 3 aliphatic heterocycles. The molecule has 240 valence electrons. The van der Waals surface area contributed by atoms with E-state index in [1.54, 1.807) is 12.1 Å². The van der Waals surface area contributed by atoms with Crippen LogP contribution in [0.4, 0.5) is 4.79 Å². The Balaban J connectivity index is 0.00000484. The molecular weight excluding hydrogens is 584 g/mol. The van der Waals surface area contributed by atoms with E-state index in [1.807, 2.05) is 20.8 Å². The highest BCUT2D eigenvalue weighted by Crippen LogP contribution is 2.40. The maximum Gasteiger partial charge on any atom is 0.421 e. The molecule has 3 heterocycles. The summed E-state index contributed by atoms with van der Waals surface area (Å²) in [5.41, 5.74) is 0.914. The molecule has 1 N–H and O–H groups in total. The first-order valence-electron chi connectivity index (χ1n) is 15.2. The van der Waals surface area contributed by atoms with Crippen LogP contribution in [0.2, 0.25) is 0 Å². The Hall–Kier alpha value is -1.47. The molecule has 42 heavy (non-hydrogen) atoms. The van der Waals surface area contributed by atoms with Gasteiger partial charge in [0, 0.05) is 13.2 Å². The third-order valence-corrected chi connectivity index (χ3v) is 9.22. The van der Waals surface area contributed by atoms with E-state index >= 15 is 0 Å². The van der Waals surface area contributed by atoms with Gasteiger partial charge in [0.15, 0.2) is 12.1 Å². The third kappa shape index (κ3) is 9.77. The van der Waals surface area contributed by atoms with Crippen LogP contribution in [0.15, 0.2) is 29.2 Å². The van der Waals surface area contributed by atoms with Gasteiger partial charge in [-0.15, -0.1) is 12.4 Å². The summed E-state index contributed by atoms with van der Waals surface area (Å²) in [6, 6.07) is 6.28. The van der Waals surface area contributed by atoms with E-state index < -0.39 is 52.6 Å². The fourth-order valence-corrected chi connectivity index (χ4v) is 6.63. The molecule has 3 aliphatic rings. The van der Waals surface area contributed by atoms with E-state index in [0.717, 1.165) is 63.6 Å². The number of halogens is 1. The van der Waals surface area contributed by atoms with E-state index in [1.165, 1.54) is 25.0 Å². The number of hydrogen-bond donors (Lipinski definition) is 1. The second-order valence-corrected chi connectivity index (χ2v) is 13.6. The number of ether oxygens (including phenoxy) is 5. The smallest absolute Gasteiger partial charge is 0.421 e. The number of hydrogen-bond acceptors (Lipinski definition) is 9. The molecule has 1 amide bonds. The molecule has 0 spiro atoms. The van der Waals surface area contributed by atoms with Crippen LogP contribution in [0.5, 0.6) is 0 Å². The largest absolute Gasteiger partial charge is 0.441 e. The van der Waals surface area contributed by atoms with Crippen molar-refractivity contribution in [1.82, 2.24) is 9.62 Å². The highest BCUT2D eigenvalue weighted by Gasteiger charge is 2.58. The molecule has 0 bridgehead atoms. The lowest BCUT2D eigenvalue weighted by Crippen LogP contribution is -2.50. The topological polar surface area (TPSA) is 113 Å². The first-order valence-corrected chi connectivity index (χ1v) is 16.7. The van der Waals surface area contributed by atoms with Crippen molar-refractivity contribution in [3.63, 3.8) is 0 Å². The number of nitrogens with zero attached hydrogens (tertiary/aromatic N) is 1. The quantitative estimate of drug-likeness (QED) is 0.289. The Morgan fingerprint density at radius 2 is 1.71 bits per heavy atom. The van der Waals surface area contributed by atoms with Crippen LogP contribution in [0, 0.1) is 6.92 Å². The maximum absolute atomic E-state index is 13.1. The van der Waals surface area contributed by atoms with Crippen molar-refractivity contribution in [2.24, 2.45) is 0 Å². The number of rotatable bonds is 13. The number of amides is 1. The van der Waals surface area contributed by atoms with Gasteiger partial charge < -0.3 is 23.7 Å². The van der Waals surface area contributed by atoms with Gasteiger partial charge in [0.2, 0.25) is 0 Å². The van der Waals surface area contributed by atoms with Gasteiger partial charge >= 0.3 is 6.09 Å². The standard InChI is InChI=1S/C30H48N2O8S.ClH/c1-5-6-7-10-13-20-36-26-25(38-28-27(26)39-30(3,4)40-28)24(21-32-18-11-8-9-12-19-32)37-29(33)31-41(34,35)23-16-14-22(2)15-17-23;/h14-17,24-28H,5-13,18-21H2,1-4H3,(H,31,33);1H/t24?,25-,26+,27-,28-;/m1./s1. The lowest BCUT2D eigenvalue weighted by atomic mass is 10.0. The van der Waals surface area contributed by atoms with Crippen LogP contribution in [-0.4, -0.2) is 82.1 Å². The number of likely N-dealkylation sites (tertiary alicyclic amines) is 1. The van der Waals surface area contributed by atoms with E-state index in [4.69, 9.17) is 23.7 Å². The van der Waals surface area contributed by atoms with Crippen molar-refractivity contribution in [1.29, 1.82) is 0 Å². The van der Waals surface area contributed by atoms with Crippen LogP contribution in [0.1, 0.15) is 84.1 Å². The Morgan fingerprint density at radius 1 is 1.05 bits per heavy atom. The summed E-state index contributed by atoms with van der Waals surface area (Å²) >= 11 is 0. The molecule has 3 fully saturated rings. The summed E-state index contributed by atoms with van der Waals surface area (Å²) in [6.45, 7) is 10.4. The molecule has 1 aromatic carbocycles. The lowest BCUT2D eigenvalue weighted by Gasteiger charge is -2.33. The van der Waals surface area contributed by atoms with Gasteiger partial charge in [0.05, 0.1) is 4.90 Å². The van der Waals surface area contributed by atoms with Gasteiger partial charge in [0.1, 0.15) is 24.4 Å². The van der Waals surface area contributed by atoms with E-state index in [9.17, 15) is 13.2 Å². The predicted octanol–water partition coefficient (Wildman–Crippen LogP) is 5.31. The molecule has 0 aromatic heterocycles. The molecule has 1 unspecified atom stereocenters. The molecule has 3 saturated heterocycles. The molecule has 0 aliphatic carbocycles. The van der Waals surface area contributed by atoms with Crippen LogP contribution >= 0.6 is 12.4 Å². The zero-order valence-electron chi connectivity index (χ0n) is 25.4. The molecule has 1 aromatic rings. The Morgan fingerprint density at radius 3 is 2.38 bits per heavy atom. The monoisotopic (exact) mass is 632 g/mol. The van der Waals surface area contributed by atoms with Crippen molar-refractivity contribution in [2.45, 2.75) is 127 Å². The molecular formula is C30H49ClN2O8S. The van der Waals surface area contributed by atoms with E-state index in [-0.39, 0.29) is 17.3 Å². The number of carbonyl (C=O) groups is 1. The second-order valence-electron chi connectivity index (χ2n) is 11.9. The number of fused-ring (bicyclic) bond motifs is 1. The average molecular weight is 633 g/mol. The Bertz CT molecular complexity index is 1080. The van der Waals surface area contributed by atoms with Crippen LogP contribution < -0.4 is 4.72 Å². The molecule has 0 radical (unpaired) electrons. The molecule has 5 atom stereocenters. The predicted molar refractivity (Wildman–Crippen MR) is 161 cm³/mol. The summed E-state index contributed by atoms with van der Waals surface area (Å²) < 4.78 is 58.7. The third-order valence-electron chi connectivity index (χ3n) is 7.90. The fraction of sp³-hybridized carbons (Fsp3) is 0.767. The lowest BCUT2D eigenvalue weighted by molar-refractivity contribution is -0.230. The van der Waals surface area contributed by atoms with E-state index in [0.29, 0.717) is 13.2 Å². The number of sulfonamides is 1. The van der Waals surface area contributed by atoms with Gasteiger partial charge in [-0.25, -0.2) is 17.9 Å². The van der Waals surface area contributed by atoms with Gasteiger partial charge in [0.25, 0.3) is 10.0 Å². The summed E-state index contributed by atoms with van der Waals surface area (Å²) in [6.07, 6.45) is 5.66. The minimum absolute atomic E-state index is 0.